The number of amides is 3. The van der Waals surface area contributed by atoms with Crippen LogP contribution >= 0.6 is 11.8 Å². The van der Waals surface area contributed by atoms with Crippen molar-refractivity contribution in [3.63, 3.8) is 0 Å². The van der Waals surface area contributed by atoms with Crippen LogP contribution in [0.4, 0.5) is 4.79 Å². The van der Waals surface area contributed by atoms with Crippen molar-refractivity contribution in [2.75, 3.05) is 18.8 Å². The van der Waals surface area contributed by atoms with Gasteiger partial charge in [0.1, 0.15) is 18.1 Å². The third-order valence-corrected chi connectivity index (χ3v) is 4.67. The van der Waals surface area contributed by atoms with Crippen LogP contribution in [0.25, 0.3) is 0 Å². The van der Waals surface area contributed by atoms with Crippen LogP contribution in [0, 0.1) is 0 Å². The zero-order valence-corrected chi connectivity index (χ0v) is 15.3. The molecule has 0 saturated carbocycles. The maximum Gasteiger partial charge on any atom is 0.305 e. The summed E-state index contributed by atoms with van der Waals surface area (Å²) < 4.78 is 11.0. The Morgan fingerprint density at radius 3 is 2.70 bits per heavy atom. The summed E-state index contributed by atoms with van der Waals surface area (Å²) in [7, 11) is 0. The summed E-state index contributed by atoms with van der Waals surface area (Å²) in [4.78, 5) is 36.9. The van der Waals surface area contributed by atoms with Crippen LogP contribution < -0.4 is 15.6 Å². The Kier molecular flexibility index (Phi) is 6.37. The highest BCUT2D eigenvalue weighted by Gasteiger charge is 2.21. The van der Waals surface area contributed by atoms with E-state index in [0.29, 0.717) is 24.6 Å². The van der Waals surface area contributed by atoms with Crippen LogP contribution in [0.2, 0.25) is 0 Å². The minimum atomic E-state index is -0.567. The number of carbonyl (C=O) groups excluding carboxylic acids is 3. The van der Waals surface area contributed by atoms with E-state index < -0.39 is 5.91 Å². The van der Waals surface area contributed by atoms with E-state index in [1.54, 1.807) is 11.0 Å². The third kappa shape index (κ3) is 5.52. The highest BCUT2D eigenvalue weighted by Crippen LogP contribution is 2.17. The molecule has 0 aliphatic carbocycles. The van der Waals surface area contributed by atoms with Crippen molar-refractivity contribution in [2.24, 2.45) is 0 Å². The van der Waals surface area contributed by atoms with Gasteiger partial charge < -0.3 is 14.1 Å². The largest absolute Gasteiger partial charge is 0.486 e. The summed E-state index contributed by atoms with van der Waals surface area (Å²) in [5, 5.41) is -0.0207. The molecule has 1 saturated heterocycles. The van der Waals surface area contributed by atoms with Gasteiger partial charge in [-0.1, -0.05) is 30.0 Å². The lowest BCUT2D eigenvalue weighted by molar-refractivity contribution is -0.122. The Hall–Kier alpha value is -2.94. The van der Waals surface area contributed by atoms with Crippen LogP contribution in [0.5, 0.6) is 5.75 Å². The second-order valence-electron chi connectivity index (χ2n) is 5.72. The minimum absolute atomic E-state index is 0.0207. The van der Waals surface area contributed by atoms with Gasteiger partial charge >= 0.3 is 5.91 Å². The van der Waals surface area contributed by atoms with Crippen molar-refractivity contribution in [3.05, 3.63) is 54.0 Å². The highest BCUT2D eigenvalue weighted by atomic mass is 32.2. The first kappa shape index (κ1) is 18.8. The molecule has 0 spiro atoms. The molecule has 2 heterocycles. The lowest BCUT2D eigenvalue weighted by Gasteiger charge is -2.13. The zero-order chi connectivity index (χ0) is 19.1. The molecule has 1 aliphatic rings. The molecule has 1 aromatic carbocycles. The van der Waals surface area contributed by atoms with Gasteiger partial charge in [-0.15, -0.1) is 0 Å². The molecule has 0 bridgehead atoms. The van der Waals surface area contributed by atoms with Crippen molar-refractivity contribution >= 4 is 28.8 Å². The monoisotopic (exact) mass is 389 g/mol. The van der Waals surface area contributed by atoms with E-state index >= 15 is 0 Å². The summed E-state index contributed by atoms with van der Waals surface area (Å²) in [5.41, 5.74) is 4.60. The summed E-state index contributed by atoms with van der Waals surface area (Å²) in [6.07, 6.45) is 0.112. The topological polar surface area (TPSA) is 101 Å². The van der Waals surface area contributed by atoms with Crippen LogP contribution in [0.15, 0.2) is 46.9 Å². The SMILES string of the molecule is O=C(CCN1CCSC1=O)NNC(=O)c1ccc(COc2ccccc2)o1. The number of nitrogens with zero attached hydrogens (tertiary/aromatic N) is 1. The molecule has 2 N–H and O–H groups in total. The molecule has 1 aromatic heterocycles. The van der Waals surface area contributed by atoms with Crippen LogP contribution in [0.1, 0.15) is 22.7 Å². The van der Waals surface area contributed by atoms with Crippen molar-refractivity contribution in [3.8, 4) is 5.75 Å². The molecule has 1 fully saturated rings. The normalized spacial score (nSPS) is 13.5. The Labute approximate surface area is 160 Å². The van der Waals surface area contributed by atoms with Crippen molar-refractivity contribution in [1.82, 2.24) is 15.8 Å². The number of hydrogen-bond donors (Lipinski definition) is 2. The molecule has 2 aromatic rings. The number of carbonyl (C=O) groups is 3. The predicted molar refractivity (Wildman–Crippen MR) is 99.1 cm³/mol. The third-order valence-electron chi connectivity index (χ3n) is 3.78. The highest BCUT2D eigenvalue weighted by molar-refractivity contribution is 8.13. The summed E-state index contributed by atoms with van der Waals surface area (Å²) in [6, 6.07) is 12.4. The number of thioether (sulfide) groups is 1. The molecular weight excluding hydrogens is 370 g/mol. The fraction of sp³-hybridized carbons (Fsp3) is 0.278. The second kappa shape index (κ2) is 9.13. The summed E-state index contributed by atoms with van der Waals surface area (Å²) in [6.45, 7) is 1.16. The number of furan rings is 1. The molecule has 27 heavy (non-hydrogen) atoms. The summed E-state index contributed by atoms with van der Waals surface area (Å²) >= 11 is 1.24. The van der Waals surface area contributed by atoms with Gasteiger partial charge in [-0.25, -0.2) is 0 Å². The first-order valence-electron chi connectivity index (χ1n) is 8.39. The second-order valence-corrected chi connectivity index (χ2v) is 6.77. The van der Waals surface area contributed by atoms with Crippen molar-refractivity contribution in [2.45, 2.75) is 13.0 Å². The van der Waals surface area contributed by atoms with Crippen molar-refractivity contribution in [1.29, 1.82) is 0 Å². The quantitative estimate of drug-likeness (QED) is 0.704. The molecule has 0 atom stereocenters. The van der Waals surface area contributed by atoms with Gasteiger partial charge in [0.2, 0.25) is 5.91 Å². The molecule has 0 unspecified atom stereocenters. The Morgan fingerprint density at radius 2 is 1.96 bits per heavy atom. The first-order valence-corrected chi connectivity index (χ1v) is 9.38. The Bertz CT molecular complexity index is 808. The number of benzene rings is 1. The van der Waals surface area contributed by atoms with E-state index in [0.717, 1.165) is 5.75 Å². The van der Waals surface area contributed by atoms with E-state index in [-0.39, 0.29) is 29.9 Å². The van der Waals surface area contributed by atoms with Gasteiger partial charge in [-0.05, 0) is 24.3 Å². The minimum Gasteiger partial charge on any atom is -0.486 e. The molecule has 3 amide bonds. The lowest BCUT2D eigenvalue weighted by atomic mass is 10.3. The number of para-hydroxylation sites is 1. The van der Waals surface area contributed by atoms with Gasteiger partial charge in [-0.3, -0.25) is 25.2 Å². The fourth-order valence-corrected chi connectivity index (χ4v) is 3.22. The van der Waals surface area contributed by atoms with Gasteiger partial charge in [0, 0.05) is 25.3 Å². The number of nitrogens with one attached hydrogen (secondary N) is 2. The maximum atomic E-state index is 12.0. The number of ether oxygens (including phenoxy) is 1. The molecule has 0 radical (unpaired) electrons. The van der Waals surface area contributed by atoms with E-state index in [2.05, 4.69) is 10.9 Å². The predicted octanol–water partition coefficient (Wildman–Crippen LogP) is 2.18. The Balaban J connectivity index is 1.39. The smallest absolute Gasteiger partial charge is 0.305 e. The standard InChI is InChI=1S/C18H19N3O5S/c22-16(8-9-21-10-11-27-18(21)24)19-20-17(23)15-7-6-14(26-15)12-25-13-4-2-1-3-5-13/h1-7H,8-12H2,(H,19,22)(H,20,23). The maximum absolute atomic E-state index is 12.0. The Morgan fingerprint density at radius 1 is 1.15 bits per heavy atom. The lowest BCUT2D eigenvalue weighted by Crippen LogP contribution is -2.42. The van der Waals surface area contributed by atoms with Gasteiger partial charge in [0.15, 0.2) is 5.76 Å². The average Bonchev–Trinajstić information content (AvgIpc) is 3.32. The van der Waals surface area contributed by atoms with Gasteiger partial charge in [0.05, 0.1) is 0 Å². The average molecular weight is 389 g/mol. The number of hydrogen-bond acceptors (Lipinski definition) is 6. The zero-order valence-electron chi connectivity index (χ0n) is 14.5. The molecule has 9 heteroatoms. The van der Waals surface area contributed by atoms with E-state index in [1.165, 1.54) is 17.8 Å². The first-order chi connectivity index (χ1) is 13.1. The molecule has 3 rings (SSSR count). The van der Waals surface area contributed by atoms with Crippen LogP contribution in [-0.2, 0) is 11.4 Å². The number of rotatable bonds is 7. The molecule has 142 valence electrons. The van der Waals surface area contributed by atoms with E-state index in [9.17, 15) is 14.4 Å². The fourth-order valence-electron chi connectivity index (χ4n) is 2.36. The van der Waals surface area contributed by atoms with Gasteiger partial charge in [-0.2, -0.15) is 0 Å². The van der Waals surface area contributed by atoms with Gasteiger partial charge in [0.25, 0.3) is 5.24 Å². The van der Waals surface area contributed by atoms with E-state index in [4.69, 9.17) is 9.15 Å². The molecular formula is C18H19N3O5S. The van der Waals surface area contributed by atoms with Crippen LogP contribution in [-0.4, -0.2) is 40.8 Å². The molecule has 8 nitrogen and oxygen atoms in total. The van der Waals surface area contributed by atoms with Crippen LogP contribution in [0.3, 0.4) is 0 Å². The number of hydrazine groups is 1. The summed E-state index contributed by atoms with van der Waals surface area (Å²) in [5.74, 6) is 1.04. The van der Waals surface area contributed by atoms with E-state index in [1.807, 2.05) is 30.3 Å². The molecule has 1 aliphatic heterocycles. The van der Waals surface area contributed by atoms with Crippen molar-refractivity contribution < 1.29 is 23.5 Å².